The lowest BCUT2D eigenvalue weighted by molar-refractivity contribution is -0.141. The summed E-state index contributed by atoms with van der Waals surface area (Å²) < 4.78 is 0. The maximum absolute atomic E-state index is 13.4. The number of amides is 13. The molecule has 0 aromatic rings. The van der Waals surface area contributed by atoms with Crippen LogP contribution in [0.15, 0.2) is 9.98 Å². The molecule has 0 aliphatic heterocycles. The van der Waals surface area contributed by atoms with E-state index >= 15 is 0 Å². The van der Waals surface area contributed by atoms with Crippen LogP contribution >= 0.6 is 0 Å². The van der Waals surface area contributed by atoms with Crippen molar-refractivity contribution in [3.63, 3.8) is 0 Å². The third-order valence-corrected chi connectivity index (χ3v) is 18.2. The molecule has 0 spiro atoms. The molecule has 114 heavy (non-hydrogen) atoms. The maximum Gasteiger partial charge on any atom is 0.322 e. The fourth-order valence-corrected chi connectivity index (χ4v) is 11.9. The van der Waals surface area contributed by atoms with Crippen molar-refractivity contribution in [2.24, 2.45) is 32.9 Å². The number of carboxylic acids is 3. The molecule has 0 rings (SSSR count). The van der Waals surface area contributed by atoms with Gasteiger partial charge in [-0.05, 0) is 57.8 Å². The summed E-state index contributed by atoms with van der Waals surface area (Å²) in [6.45, 7) is -0.572. The first kappa shape index (κ1) is 104. The number of aliphatic imine (C=N–C) groups is 2. The Hall–Kier alpha value is -9.94. The summed E-state index contributed by atoms with van der Waals surface area (Å²) in [7, 11) is 0. The van der Waals surface area contributed by atoms with E-state index in [4.69, 9.17) is 22.9 Å². The van der Waals surface area contributed by atoms with Gasteiger partial charge < -0.3 is 107 Å². The van der Waals surface area contributed by atoms with Crippen LogP contribution < -0.4 is 92.1 Å². The number of carbonyl (C=O) groups excluding carboxylic acids is 13. The van der Waals surface area contributed by atoms with Gasteiger partial charge in [-0.1, -0.05) is 194 Å². The van der Waals surface area contributed by atoms with E-state index in [1.54, 1.807) is 0 Å². The summed E-state index contributed by atoms with van der Waals surface area (Å²) in [5.41, 5.74) is 21.7. The van der Waals surface area contributed by atoms with E-state index in [9.17, 15) is 92.0 Å². The summed E-state index contributed by atoms with van der Waals surface area (Å²) in [6.07, 6.45) is 33.8. The number of guanidine groups is 2. The smallest absolute Gasteiger partial charge is 0.322 e. The first-order valence-electron chi connectivity index (χ1n) is 41.0. The molecular weight excluding hydrogens is 1480 g/mol. The number of nitrogens with two attached hydrogens (primary N) is 4. The Morgan fingerprint density at radius 2 is 0.500 bits per heavy atom. The Bertz CT molecular complexity index is 2950. The Morgan fingerprint density at radius 1 is 0.254 bits per heavy atom. The van der Waals surface area contributed by atoms with Gasteiger partial charge in [-0.2, -0.15) is 0 Å². The average Bonchev–Trinajstić information content (AvgIpc) is 0.899. The first-order chi connectivity index (χ1) is 54.6. The highest BCUT2D eigenvalue weighted by molar-refractivity contribution is 5.98. The molecule has 0 saturated carbocycles. The van der Waals surface area contributed by atoms with Crippen LogP contribution in [-0.2, 0) is 76.7 Å². The fourth-order valence-electron chi connectivity index (χ4n) is 11.9. The predicted molar refractivity (Wildman–Crippen MR) is 429 cm³/mol. The van der Waals surface area contributed by atoms with Gasteiger partial charge in [0.1, 0.15) is 36.8 Å². The van der Waals surface area contributed by atoms with Gasteiger partial charge in [-0.15, -0.1) is 0 Å². The minimum atomic E-state index is -1.83. The molecule has 24 N–H and O–H groups in total. The number of rotatable bonds is 73. The topological polar surface area (TPSA) is 619 Å². The lowest BCUT2D eigenvalue weighted by atomic mass is 10.0. The number of carbonyl (C=O) groups is 16. The molecule has 5 atom stereocenters. The Labute approximate surface area is 670 Å². The van der Waals surface area contributed by atoms with Gasteiger partial charge in [0.25, 0.3) is 0 Å². The van der Waals surface area contributed by atoms with Gasteiger partial charge in [0, 0.05) is 32.5 Å². The normalized spacial score (nSPS) is 12.1. The maximum atomic E-state index is 13.4. The highest BCUT2D eigenvalue weighted by Gasteiger charge is 2.30. The number of hydrogen-bond acceptors (Lipinski definition) is 18. The molecule has 13 amide bonds. The van der Waals surface area contributed by atoms with Crippen LogP contribution in [0.25, 0.3) is 0 Å². The van der Waals surface area contributed by atoms with Gasteiger partial charge in [-0.3, -0.25) is 86.7 Å². The molecule has 38 heteroatoms. The van der Waals surface area contributed by atoms with E-state index in [-0.39, 0.29) is 101 Å². The largest absolute Gasteiger partial charge is 0.481 e. The number of carboxylic acid groups (broad SMARTS) is 3. The van der Waals surface area contributed by atoms with Crippen molar-refractivity contribution in [3.05, 3.63) is 0 Å². The number of nitrogens with zero attached hydrogens (tertiary/aromatic N) is 2. The highest BCUT2D eigenvalue weighted by Crippen LogP contribution is 2.16. The van der Waals surface area contributed by atoms with Crippen LogP contribution in [0.5, 0.6) is 0 Å². The number of nitrogens with one attached hydrogen (secondary N) is 13. The van der Waals surface area contributed by atoms with Crippen molar-refractivity contribution in [1.29, 1.82) is 0 Å². The molecule has 650 valence electrons. The van der Waals surface area contributed by atoms with Gasteiger partial charge in [0.15, 0.2) is 11.9 Å². The van der Waals surface area contributed by atoms with Crippen molar-refractivity contribution in [2.75, 3.05) is 65.4 Å². The molecule has 0 unspecified atom stereocenters. The quantitative estimate of drug-likeness (QED) is 0.0231. The molecule has 0 saturated heterocycles. The molecule has 0 fully saturated rings. The van der Waals surface area contributed by atoms with Crippen LogP contribution in [0, 0.1) is 0 Å². The molecule has 0 aliphatic carbocycles. The third-order valence-electron chi connectivity index (χ3n) is 18.2. The second kappa shape index (κ2) is 68.6. The Morgan fingerprint density at radius 3 is 0.781 bits per heavy atom. The van der Waals surface area contributed by atoms with Crippen molar-refractivity contribution >= 4 is 107 Å². The molecule has 0 aromatic heterocycles. The SMILES string of the molecule is CCCCCCCCCCCCCCCCCC(=O)NCC(=O)N[C@@H](CCCN=C(N)N)C(=O)NCC(=O)N[C@@H](CC(=O)O)C(=O)NCC(=O)NCCCC[C@H](NC(=O)CNC(=O)[C@H](CC(=O)O)NC(=O)CNC(=O)[C@H](CCCN=C(N)N)NC(=O)CNC(=O)CCCCCCCCCCCCCCCCC)C(=O)NCC(=O)O. The van der Waals surface area contributed by atoms with Crippen molar-refractivity contribution in [2.45, 2.75) is 307 Å². The number of unbranched alkanes of at least 4 members (excludes halogenated alkanes) is 29. The van der Waals surface area contributed by atoms with Crippen molar-refractivity contribution in [1.82, 2.24) is 69.1 Å². The van der Waals surface area contributed by atoms with E-state index < -0.39 is 172 Å². The van der Waals surface area contributed by atoms with Crippen LogP contribution in [0.3, 0.4) is 0 Å². The lowest BCUT2D eigenvalue weighted by Gasteiger charge is -2.20. The molecule has 0 bridgehead atoms. The van der Waals surface area contributed by atoms with Crippen LogP contribution in [0.2, 0.25) is 0 Å². The van der Waals surface area contributed by atoms with E-state index in [1.807, 2.05) is 0 Å². The van der Waals surface area contributed by atoms with Crippen molar-refractivity contribution < 1.29 is 92.0 Å². The summed E-state index contributed by atoms with van der Waals surface area (Å²) in [5, 5.41) is 58.6. The van der Waals surface area contributed by atoms with Gasteiger partial charge in [0.2, 0.25) is 76.8 Å². The van der Waals surface area contributed by atoms with Crippen LogP contribution in [0.1, 0.15) is 277 Å². The van der Waals surface area contributed by atoms with Gasteiger partial charge >= 0.3 is 17.9 Å². The minimum absolute atomic E-state index is 0.0181. The standard InChI is InChI=1S/C76H137N19O19/c1-3-5-7-9-11-13-15-17-19-21-23-25-27-29-31-40-59(96)84-48-62(99)92-55(38-35-43-82-75(77)78)70(110)87-51-65(102)94-57(45-67(104)105)73(113)86-47-61(98)81-42-34-33-37-54(72(112)90-53-69(108)109)91-64(101)50-89-74(114)58(46-68(106)107)95-66(103)52-88-71(111)56(39-36-44-83-76(79)80)93-63(100)49-85-60(97)41-32-30-28-26-24-22-20-18-16-14-12-10-8-6-4-2/h54-58H,3-53H2,1-2H3,(H,81,98)(H,84,96)(H,85,97)(H,86,113)(H,87,110)(H,88,111)(H,89,114)(H,90,112)(H,91,101)(H,92,99)(H,93,100)(H,94,102)(H,95,103)(H,104,105)(H,106,107)(H,108,109)(H4,77,78,82)(H4,79,80,83)/t54-,55-,56-,57-,58-/m0/s1. The summed E-state index contributed by atoms with van der Waals surface area (Å²) >= 11 is 0. The monoisotopic (exact) mass is 1620 g/mol. The van der Waals surface area contributed by atoms with E-state index in [2.05, 4.69) is 93.0 Å². The average molecular weight is 1620 g/mol. The van der Waals surface area contributed by atoms with Gasteiger partial charge in [0.05, 0.1) is 52.1 Å². The Balaban J connectivity index is 5.33. The van der Waals surface area contributed by atoms with Gasteiger partial charge in [-0.25, -0.2) is 0 Å². The molecule has 0 heterocycles. The predicted octanol–water partition coefficient (Wildman–Crippen LogP) is 1.17. The zero-order valence-electron chi connectivity index (χ0n) is 67.5. The summed E-state index contributed by atoms with van der Waals surface area (Å²) in [5.74, 6) is -16.0. The molecular formula is C76H137N19O19. The zero-order chi connectivity index (χ0) is 84.9. The van der Waals surface area contributed by atoms with E-state index in [0.717, 1.165) is 51.4 Å². The lowest BCUT2D eigenvalue weighted by Crippen LogP contribution is -2.54. The third kappa shape index (κ3) is 62.6. The molecule has 0 aliphatic rings. The first-order valence-corrected chi connectivity index (χ1v) is 41.0. The number of hydrogen-bond donors (Lipinski definition) is 20. The van der Waals surface area contributed by atoms with Crippen LogP contribution in [-0.4, -0.2) is 218 Å². The van der Waals surface area contributed by atoms with Crippen molar-refractivity contribution in [3.8, 4) is 0 Å². The molecule has 0 radical (unpaired) electrons. The minimum Gasteiger partial charge on any atom is -0.481 e. The number of aliphatic carboxylic acids is 3. The molecule has 0 aromatic carbocycles. The fraction of sp³-hybridized carbons (Fsp3) is 0.763. The van der Waals surface area contributed by atoms with E-state index in [0.29, 0.717) is 12.8 Å². The summed E-state index contributed by atoms with van der Waals surface area (Å²) in [4.78, 5) is 212. The molecule has 38 nitrogen and oxygen atoms in total. The van der Waals surface area contributed by atoms with E-state index in [1.165, 1.54) is 128 Å². The summed E-state index contributed by atoms with van der Waals surface area (Å²) in [6, 6.07) is -7.56. The zero-order valence-corrected chi connectivity index (χ0v) is 67.5. The second-order valence-electron chi connectivity index (χ2n) is 28.5. The Kier molecular flexibility index (Phi) is 62.7. The second-order valence-corrected chi connectivity index (χ2v) is 28.5. The highest BCUT2D eigenvalue weighted by atomic mass is 16.4. The van der Waals surface area contributed by atoms with Crippen LogP contribution in [0.4, 0.5) is 0 Å².